The summed E-state index contributed by atoms with van der Waals surface area (Å²) in [6.07, 6.45) is 8.04. The van der Waals surface area contributed by atoms with Crippen molar-refractivity contribution in [2.24, 2.45) is 0 Å². The average Bonchev–Trinajstić information content (AvgIpc) is 3.62. The Morgan fingerprint density at radius 1 is 1.25 bits per heavy atom. The lowest BCUT2D eigenvalue weighted by Gasteiger charge is -2.29. The standard InChI is InChI=1S/C28H29ClN4O3/c1-36-22-6-8-23-20(16-30-25(23)15-22)12-13-33(17-21-5-10-27(29)31-21)26-9-4-19-14-18(2-7-24(19)26)3-11-28(34)32-35/h2-3,5-8,10-11,14-16,26,30-31,35H,4,9,12-13,17H2,1H3,(H,32,34)/b11-3+. The molecule has 0 spiro atoms. The highest BCUT2D eigenvalue weighted by Gasteiger charge is 2.28. The van der Waals surface area contributed by atoms with Crippen LogP contribution in [0.2, 0.25) is 5.15 Å². The van der Waals surface area contributed by atoms with E-state index < -0.39 is 5.91 Å². The van der Waals surface area contributed by atoms with E-state index in [0.29, 0.717) is 5.15 Å². The van der Waals surface area contributed by atoms with Gasteiger partial charge in [-0.15, -0.1) is 0 Å². The number of hydroxylamine groups is 1. The Labute approximate surface area is 214 Å². The van der Waals surface area contributed by atoms with Crippen LogP contribution in [0.4, 0.5) is 0 Å². The Balaban J connectivity index is 1.38. The number of aromatic amines is 2. The van der Waals surface area contributed by atoms with E-state index in [4.69, 9.17) is 21.5 Å². The predicted octanol–water partition coefficient (Wildman–Crippen LogP) is 5.41. The summed E-state index contributed by atoms with van der Waals surface area (Å²) in [5, 5.41) is 10.6. The number of aryl methyl sites for hydroxylation is 1. The molecule has 4 aromatic rings. The SMILES string of the molecule is COc1ccc2c(CCN(Cc3ccc(Cl)[nH]3)C3CCc4cc(/C=C/C(=O)NO)ccc43)c[nH]c2c1. The molecule has 186 valence electrons. The van der Waals surface area contributed by atoms with Crippen molar-refractivity contribution in [3.05, 3.63) is 93.9 Å². The van der Waals surface area contributed by atoms with Gasteiger partial charge in [-0.05, 0) is 71.9 Å². The van der Waals surface area contributed by atoms with Crippen LogP contribution in [-0.2, 0) is 24.2 Å². The third-order valence-corrected chi connectivity index (χ3v) is 7.14. The first-order valence-corrected chi connectivity index (χ1v) is 12.4. The number of ether oxygens (including phenoxy) is 1. The van der Waals surface area contributed by atoms with E-state index >= 15 is 0 Å². The van der Waals surface area contributed by atoms with Gasteiger partial charge in [-0.3, -0.25) is 14.9 Å². The summed E-state index contributed by atoms with van der Waals surface area (Å²) in [7, 11) is 1.68. The molecule has 7 nitrogen and oxygen atoms in total. The second-order valence-corrected chi connectivity index (χ2v) is 9.51. The minimum Gasteiger partial charge on any atom is -0.497 e. The molecule has 1 atom stereocenters. The lowest BCUT2D eigenvalue weighted by atomic mass is 10.0. The topological polar surface area (TPSA) is 93.4 Å². The molecule has 2 aromatic carbocycles. The first kappa shape index (κ1) is 24.2. The van der Waals surface area contributed by atoms with Gasteiger partial charge in [0.1, 0.15) is 10.9 Å². The van der Waals surface area contributed by atoms with Gasteiger partial charge in [0.05, 0.1) is 7.11 Å². The number of benzene rings is 2. The fourth-order valence-electron chi connectivity index (χ4n) is 5.14. The summed E-state index contributed by atoms with van der Waals surface area (Å²) in [5.74, 6) is 0.301. The van der Waals surface area contributed by atoms with E-state index in [-0.39, 0.29) is 6.04 Å². The molecule has 36 heavy (non-hydrogen) atoms. The fourth-order valence-corrected chi connectivity index (χ4v) is 5.32. The number of hydrogen-bond donors (Lipinski definition) is 4. The molecule has 0 saturated heterocycles. The van der Waals surface area contributed by atoms with Crippen LogP contribution in [0.25, 0.3) is 17.0 Å². The van der Waals surface area contributed by atoms with E-state index in [1.54, 1.807) is 18.7 Å². The van der Waals surface area contributed by atoms with Gasteiger partial charge in [-0.1, -0.05) is 29.8 Å². The summed E-state index contributed by atoms with van der Waals surface area (Å²) < 4.78 is 5.36. The number of rotatable bonds is 9. The van der Waals surface area contributed by atoms with E-state index in [0.717, 1.165) is 54.9 Å². The van der Waals surface area contributed by atoms with Crippen LogP contribution in [-0.4, -0.2) is 39.6 Å². The number of methoxy groups -OCH3 is 1. The van der Waals surface area contributed by atoms with Crippen molar-refractivity contribution in [1.29, 1.82) is 0 Å². The predicted molar refractivity (Wildman–Crippen MR) is 141 cm³/mol. The minimum absolute atomic E-state index is 0.283. The van der Waals surface area contributed by atoms with Gasteiger partial charge in [-0.2, -0.15) is 0 Å². The van der Waals surface area contributed by atoms with E-state index in [1.165, 1.54) is 28.2 Å². The number of amides is 1. The third-order valence-electron chi connectivity index (χ3n) is 6.92. The van der Waals surface area contributed by atoms with Crippen molar-refractivity contribution in [3.63, 3.8) is 0 Å². The first-order valence-electron chi connectivity index (χ1n) is 12.0. The number of nitrogens with zero attached hydrogens (tertiary/aromatic N) is 1. The summed E-state index contributed by atoms with van der Waals surface area (Å²) in [4.78, 5) is 20.5. The largest absolute Gasteiger partial charge is 0.497 e. The number of aromatic nitrogens is 2. The molecule has 1 aliphatic rings. The van der Waals surface area contributed by atoms with Gasteiger partial charge < -0.3 is 14.7 Å². The number of carbonyl (C=O) groups excluding carboxylic acids is 1. The molecule has 2 heterocycles. The number of nitrogens with one attached hydrogen (secondary N) is 3. The summed E-state index contributed by atoms with van der Waals surface area (Å²) in [6.45, 7) is 1.66. The number of halogens is 1. The Morgan fingerprint density at radius 3 is 2.92 bits per heavy atom. The average molecular weight is 505 g/mol. The molecule has 1 aliphatic carbocycles. The van der Waals surface area contributed by atoms with E-state index in [9.17, 15) is 4.79 Å². The van der Waals surface area contributed by atoms with E-state index in [1.807, 2.05) is 30.3 Å². The van der Waals surface area contributed by atoms with Gasteiger partial charge in [0, 0.05) is 54.1 Å². The Bertz CT molecular complexity index is 1410. The lowest BCUT2D eigenvalue weighted by molar-refractivity contribution is -0.124. The van der Waals surface area contributed by atoms with Crippen molar-refractivity contribution < 1.29 is 14.7 Å². The molecule has 2 aromatic heterocycles. The number of fused-ring (bicyclic) bond motifs is 2. The van der Waals surface area contributed by atoms with Crippen molar-refractivity contribution in [2.45, 2.75) is 31.8 Å². The van der Waals surface area contributed by atoms with Crippen LogP contribution in [0.15, 0.2) is 60.8 Å². The van der Waals surface area contributed by atoms with E-state index in [2.05, 4.69) is 39.3 Å². The van der Waals surface area contributed by atoms with Crippen LogP contribution in [0.1, 0.15) is 40.4 Å². The smallest absolute Gasteiger partial charge is 0.267 e. The molecular formula is C28H29ClN4O3. The maximum Gasteiger partial charge on any atom is 0.267 e. The van der Waals surface area contributed by atoms with Crippen LogP contribution in [0, 0.1) is 0 Å². The molecule has 1 unspecified atom stereocenters. The maximum absolute atomic E-state index is 11.3. The molecule has 0 fully saturated rings. The zero-order valence-corrected chi connectivity index (χ0v) is 20.8. The van der Waals surface area contributed by atoms with Crippen molar-refractivity contribution in [1.82, 2.24) is 20.3 Å². The van der Waals surface area contributed by atoms with Gasteiger partial charge in [-0.25, -0.2) is 5.48 Å². The van der Waals surface area contributed by atoms with Crippen molar-refractivity contribution in [3.8, 4) is 5.75 Å². The van der Waals surface area contributed by atoms with Crippen LogP contribution in [0.3, 0.4) is 0 Å². The highest BCUT2D eigenvalue weighted by Crippen LogP contribution is 2.37. The van der Waals surface area contributed by atoms with Gasteiger partial charge in [0.25, 0.3) is 5.91 Å². The molecule has 1 amide bonds. The zero-order valence-electron chi connectivity index (χ0n) is 20.1. The van der Waals surface area contributed by atoms with Crippen LogP contribution < -0.4 is 10.2 Å². The lowest BCUT2D eigenvalue weighted by Crippen LogP contribution is -2.29. The molecule has 8 heteroatoms. The van der Waals surface area contributed by atoms with Crippen LogP contribution in [0.5, 0.6) is 5.75 Å². The minimum atomic E-state index is -0.542. The third kappa shape index (κ3) is 5.18. The quantitative estimate of drug-likeness (QED) is 0.139. The van der Waals surface area contributed by atoms with Gasteiger partial charge >= 0.3 is 0 Å². The number of carbonyl (C=O) groups is 1. The van der Waals surface area contributed by atoms with Gasteiger partial charge in [0.2, 0.25) is 0 Å². The fraction of sp³-hybridized carbons (Fsp3) is 0.250. The van der Waals surface area contributed by atoms with Crippen molar-refractivity contribution >= 4 is 34.5 Å². The zero-order chi connectivity index (χ0) is 25.1. The molecule has 4 N–H and O–H groups in total. The van der Waals surface area contributed by atoms with Crippen molar-refractivity contribution in [2.75, 3.05) is 13.7 Å². The second-order valence-electron chi connectivity index (χ2n) is 9.10. The Morgan fingerprint density at radius 2 is 2.14 bits per heavy atom. The number of H-pyrrole nitrogens is 2. The van der Waals surface area contributed by atoms with Gasteiger partial charge in [0.15, 0.2) is 0 Å². The molecule has 5 rings (SSSR count). The molecular weight excluding hydrogens is 476 g/mol. The second kappa shape index (κ2) is 10.6. The first-order chi connectivity index (χ1) is 17.5. The molecule has 0 bridgehead atoms. The Kier molecular flexibility index (Phi) is 7.13. The highest BCUT2D eigenvalue weighted by atomic mass is 35.5. The van der Waals surface area contributed by atoms with Crippen LogP contribution >= 0.6 is 11.6 Å². The summed E-state index contributed by atoms with van der Waals surface area (Å²) >= 11 is 6.17. The molecule has 0 aliphatic heterocycles. The summed E-state index contributed by atoms with van der Waals surface area (Å²) in [5.41, 5.74) is 8.62. The normalized spacial score (nSPS) is 15.2. The molecule has 0 saturated carbocycles. The monoisotopic (exact) mass is 504 g/mol. The molecule has 0 radical (unpaired) electrons. The number of hydrogen-bond acceptors (Lipinski definition) is 4. The summed E-state index contributed by atoms with van der Waals surface area (Å²) in [6, 6.07) is 16.7. The Hall–Kier alpha value is -3.52. The highest BCUT2D eigenvalue weighted by molar-refractivity contribution is 6.29. The maximum atomic E-state index is 11.3.